The van der Waals surface area contributed by atoms with Crippen LogP contribution in [-0.4, -0.2) is 60.5 Å². The molecule has 1 atom stereocenters. The second-order valence-electron chi connectivity index (χ2n) is 6.67. The van der Waals surface area contributed by atoms with E-state index in [4.69, 9.17) is 4.74 Å². The minimum Gasteiger partial charge on any atom is -0.494 e. The van der Waals surface area contributed by atoms with Crippen molar-refractivity contribution < 1.29 is 9.53 Å². The summed E-state index contributed by atoms with van der Waals surface area (Å²) < 4.78 is 5.93. The van der Waals surface area contributed by atoms with Gasteiger partial charge in [0.15, 0.2) is 0 Å². The number of ether oxygens (including phenoxy) is 1. The van der Waals surface area contributed by atoms with Crippen LogP contribution in [0.15, 0.2) is 24.3 Å². The molecular weight excluding hydrogens is 302 g/mol. The van der Waals surface area contributed by atoms with E-state index >= 15 is 0 Å². The zero-order valence-electron chi connectivity index (χ0n) is 14.8. The first-order valence-corrected chi connectivity index (χ1v) is 8.79. The van der Waals surface area contributed by atoms with Crippen LogP contribution in [0.25, 0.3) is 10.9 Å². The molecule has 0 aliphatic carbocycles. The maximum absolute atomic E-state index is 12.2. The Morgan fingerprint density at radius 3 is 2.96 bits per heavy atom. The van der Waals surface area contributed by atoms with E-state index in [0.29, 0.717) is 18.3 Å². The number of likely N-dealkylation sites (tertiary alicyclic amines) is 1. The third-order valence-electron chi connectivity index (χ3n) is 5.03. The second kappa shape index (κ2) is 7.26. The van der Waals surface area contributed by atoms with Gasteiger partial charge in [0.1, 0.15) is 11.4 Å². The second-order valence-corrected chi connectivity index (χ2v) is 6.67. The SMILES string of the molecule is CCN(C)C(=O)c1cc2cc(OCCC3CCCN3C)ccc2[nH]1. The van der Waals surface area contributed by atoms with E-state index in [2.05, 4.69) is 16.9 Å². The highest BCUT2D eigenvalue weighted by Crippen LogP contribution is 2.23. The van der Waals surface area contributed by atoms with E-state index in [1.54, 1.807) is 4.90 Å². The molecule has 130 valence electrons. The summed E-state index contributed by atoms with van der Waals surface area (Å²) in [6.45, 7) is 4.59. The monoisotopic (exact) mass is 329 g/mol. The smallest absolute Gasteiger partial charge is 0.270 e. The lowest BCUT2D eigenvalue weighted by molar-refractivity contribution is 0.0797. The molecule has 0 saturated carbocycles. The molecule has 1 aliphatic rings. The van der Waals surface area contributed by atoms with E-state index in [1.165, 1.54) is 19.4 Å². The summed E-state index contributed by atoms with van der Waals surface area (Å²) in [5.74, 6) is 0.880. The third kappa shape index (κ3) is 3.56. The van der Waals surface area contributed by atoms with Crippen LogP contribution in [0.5, 0.6) is 5.75 Å². The Morgan fingerprint density at radius 1 is 1.42 bits per heavy atom. The molecule has 5 heteroatoms. The highest BCUT2D eigenvalue weighted by molar-refractivity contribution is 5.98. The van der Waals surface area contributed by atoms with Crippen molar-refractivity contribution >= 4 is 16.8 Å². The number of amides is 1. The number of hydrogen-bond acceptors (Lipinski definition) is 3. The lowest BCUT2D eigenvalue weighted by Gasteiger charge is -2.19. The fraction of sp³-hybridized carbons (Fsp3) is 0.526. The van der Waals surface area contributed by atoms with Gasteiger partial charge in [-0.2, -0.15) is 0 Å². The Labute approximate surface area is 143 Å². The number of aromatic amines is 1. The van der Waals surface area contributed by atoms with Crippen molar-refractivity contribution in [3.63, 3.8) is 0 Å². The molecule has 1 aromatic carbocycles. The Bertz CT molecular complexity index is 710. The Hall–Kier alpha value is -2.01. The van der Waals surface area contributed by atoms with E-state index in [9.17, 15) is 4.79 Å². The molecule has 1 aliphatic heterocycles. The molecule has 1 amide bonds. The largest absolute Gasteiger partial charge is 0.494 e. The van der Waals surface area contributed by atoms with Crippen LogP contribution in [0.3, 0.4) is 0 Å². The van der Waals surface area contributed by atoms with Crippen molar-refractivity contribution in [3.05, 3.63) is 30.0 Å². The van der Waals surface area contributed by atoms with Crippen LogP contribution in [0, 0.1) is 0 Å². The normalized spacial score (nSPS) is 18.2. The molecule has 1 saturated heterocycles. The Morgan fingerprint density at radius 2 is 2.25 bits per heavy atom. The van der Waals surface area contributed by atoms with Gasteiger partial charge in [-0.3, -0.25) is 4.79 Å². The van der Waals surface area contributed by atoms with Crippen LogP contribution in [-0.2, 0) is 0 Å². The van der Waals surface area contributed by atoms with Crippen LogP contribution < -0.4 is 4.74 Å². The summed E-state index contributed by atoms with van der Waals surface area (Å²) in [7, 11) is 4.00. The van der Waals surface area contributed by atoms with Crippen molar-refractivity contribution in [2.24, 2.45) is 0 Å². The number of nitrogens with one attached hydrogen (secondary N) is 1. The van der Waals surface area contributed by atoms with E-state index in [-0.39, 0.29) is 5.91 Å². The average molecular weight is 329 g/mol. The lowest BCUT2D eigenvalue weighted by atomic mass is 10.1. The Balaban J connectivity index is 1.64. The van der Waals surface area contributed by atoms with Crippen molar-refractivity contribution in [3.8, 4) is 5.75 Å². The summed E-state index contributed by atoms with van der Waals surface area (Å²) in [5.41, 5.74) is 1.59. The van der Waals surface area contributed by atoms with Crippen molar-refractivity contribution in [1.82, 2.24) is 14.8 Å². The van der Waals surface area contributed by atoms with Crippen LogP contribution >= 0.6 is 0 Å². The standard InChI is InChI=1S/C19H27N3O2/c1-4-21(2)19(23)18-13-14-12-16(7-8-17(14)20-18)24-11-9-15-6-5-10-22(15)3/h7-8,12-13,15,20H,4-6,9-11H2,1-3H3. The molecule has 1 unspecified atom stereocenters. The van der Waals surface area contributed by atoms with Gasteiger partial charge in [-0.15, -0.1) is 0 Å². The molecule has 2 heterocycles. The number of hydrogen-bond donors (Lipinski definition) is 1. The fourth-order valence-electron chi connectivity index (χ4n) is 3.32. The number of nitrogens with zero attached hydrogens (tertiary/aromatic N) is 2. The zero-order chi connectivity index (χ0) is 17.1. The summed E-state index contributed by atoms with van der Waals surface area (Å²) in [5, 5.41) is 1.01. The van der Waals surface area contributed by atoms with Crippen LogP contribution in [0.2, 0.25) is 0 Å². The molecule has 3 rings (SSSR count). The van der Waals surface area contributed by atoms with E-state index in [1.807, 2.05) is 38.2 Å². The maximum atomic E-state index is 12.2. The highest BCUT2D eigenvalue weighted by Gasteiger charge is 2.20. The molecule has 1 N–H and O–H groups in total. The molecule has 0 spiro atoms. The van der Waals surface area contributed by atoms with Gasteiger partial charge in [0.05, 0.1) is 6.61 Å². The van der Waals surface area contributed by atoms with E-state index < -0.39 is 0 Å². The first-order valence-electron chi connectivity index (χ1n) is 8.79. The van der Waals surface area contributed by atoms with Gasteiger partial charge in [-0.05, 0) is 64.0 Å². The average Bonchev–Trinajstić information content (AvgIpc) is 3.19. The van der Waals surface area contributed by atoms with Crippen molar-refractivity contribution in [1.29, 1.82) is 0 Å². The molecule has 2 aromatic rings. The molecule has 5 nitrogen and oxygen atoms in total. The summed E-state index contributed by atoms with van der Waals surface area (Å²) in [4.78, 5) is 19.5. The topological polar surface area (TPSA) is 48.6 Å². The van der Waals surface area contributed by atoms with Crippen molar-refractivity contribution in [2.75, 3.05) is 33.8 Å². The summed E-state index contributed by atoms with van der Waals surface area (Å²) in [6, 6.07) is 8.51. The van der Waals surface area contributed by atoms with Crippen LogP contribution in [0.1, 0.15) is 36.7 Å². The molecule has 0 bridgehead atoms. The molecule has 0 radical (unpaired) electrons. The molecule has 1 aromatic heterocycles. The van der Waals surface area contributed by atoms with Gasteiger partial charge in [0, 0.05) is 30.5 Å². The fourth-order valence-corrected chi connectivity index (χ4v) is 3.32. The number of benzene rings is 1. The number of H-pyrrole nitrogens is 1. The number of aromatic nitrogens is 1. The first kappa shape index (κ1) is 16.8. The number of fused-ring (bicyclic) bond motifs is 1. The number of carbonyl (C=O) groups is 1. The molecule has 24 heavy (non-hydrogen) atoms. The number of carbonyl (C=O) groups excluding carboxylic acids is 1. The van der Waals surface area contributed by atoms with Crippen molar-refractivity contribution in [2.45, 2.75) is 32.2 Å². The zero-order valence-corrected chi connectivity index (χ0v) is 14.8. The van der Waals surface area contributed by atoms with Gasteiger partial charge in [0.2, 0.25) is 0 Å². The first-order chi connectivity index (χ1) is 11.6. The predicted octanol–water partition coefficient (Wildman–Crippen LogP) is 3.12. The summed E-state index contributed by atoms with van der Waals surface area (Å²) in [6.07, 6.45) is 3.62. The minimum absolute atomic E-state index is 0.0143. The van der Waals surface area contributed by atoms with E-state index in [0.717, 1.165) is 29.7 Å². The van der Waals surface area contributed by atoms with Crippen LogP contribution in [0.4, 0.5) is 0 Å². The third-order valence-corrected chi connectivity index (χ3v) is 5.03. The van der Waals surface area contributed by atoms with Gasteiger partial charge in [-0.1, -0.05) is 0 Å². The quantitative estimate of drug-likeness (QED) is 0.886. The highest BCUT2D eigenvalue weighted by atomic mass is 16.5. The van der Waals surface area contributed by atoms with Gasteiger partial charge in [0.25, 0.3) is 5.91 Å². The lowest BCUT2D eigenvalue weighted by Crippen LogP contribution is -2.26. The molecular formula is C19H27N3O2. The van der Waals surface area contributed by atoms with Gasteiger partial charge in [-0.25, -0.2) is 0 Å². The summed E-state index contributed by atoms with van der Waals surface area (Å²) >= 11 is 0. The predicted molar refractivity (Wildman–Crippen MR) is 96.7 cm³/mol. The minimum atomic E-state index is 0.0143. The van der Waals surface area contributed by atoms with Gasteiger partial charge >= 0.3 is 0 Å². The molecule has 1 fully saturated rings. The van der Waals surface area contributed by atoms with Gasteiger partial charge < -0.3 is 19.5 Å². The Kier molecular flexibility index (Phi) is 5.09. The maximum Gasteiger partial charge on any atom is 0.270 e. The number of rotatable bonds is 6.